The topological polar surface area (TPSA) is 103 Å². The standard InChI is InChI=1S/C22H25FN4O5S/c1-22(2,3)31-21(28)26-11-5-6-17(26)20-25-24-19-10-7-14(13-27(19)20)16-9-8-15(23)12-18(16)32-33(4,29)30/h7-10,12-13,17H,5-6,11H2,1-4H3. The summed E-state index contributed by atoms with van der Waals surface area (Å²) in [6, 6.07) is 6.80. The van der Waals surface area contributed by atoms with E-state index in [2.05, 4.69) is 10.2 Å². The second kappa shape index (κ2) is 8.29. The third-order valence-electron chi connectivity index (χ3n) is 5.10. The second-order valence-corrected chi connectivity index (χ2v) is 10.5. The Morgan fingerprint density at radius 1 is 1.18 bits per heavy atom. The number of halogens is 1. The van der Waals surface area contributed by atoms with Gasteiger partial charge in [0.1, 0.15) is 11.4 Å². The van der Waals surface area contributed by atoms with Gasteiger partial charge < -0.3 is 8.92 Å². The highest BCUT2D eigenvalue weighted by Crippen LogP contribution is 2.35. The van der Waals surface area contributed by atoms with Crippen molar-refractivity contribution in [3.8, 4) is 16.9 Å². The summed E-state index contributed by atoms with van der Waals surface area (Å²) < 4.78 is 49.4. The zero-order valence-electron chi connectivity index (χ0n) is 18.8. The molecular formula is C22H25FN4O5S. The first-order valence-electron chi connectivity index (χ1n) is 10.4. The van der Waals surface area contributed by atoms with Gasteiger partial charge in [-0.05, 0) is 57.9 Å². The van der Waals surface area contributed by atoms with Crippen LogP contribution in [0, 0.1) is 5.82 Å². The van der Waals surface area contributed by atoms with E-state index in [-0.39, 0.29) is 11.8 Å². The molecule has 0 saturated carbocycles. The van der Waals surface area contributed by atoms with Gasteiger partial charge in [-0.2, -0.15) is 8.42 Å². The molecule has 0 N–H and O–H groups in total. The van der Waals surface area contributed by atoms with Crippen molar-refractivity contribution in [3.05, 3.63) is 48.2 Å². The minimum absolute atomic E-state index is 0.122. The number of hydrogen-bond acceptors (Lipinski definition) is 7. The van der Waals surface area contributed by atoms with Crippen LogP contribution in [0.1, 0.15) is 45.5 Å². The van der Waals surface area contributed by atoms with E-state index in [0.717, 1.165) is 18.7 Å². The highest BCUT2D eigenvalue weighted by molar-refractivity contribution is 7.86. The van der Waals surface area contributed by atoms with Crippen LogP contribution in [0.3, 0.4) is 0 Å². The monoisotopic (exact) mass is 476 g/mol. The van der Waals surface area contributed by atoms with Crippen LogP contribution in [0.5, 0.6) is 5.75 Å². The maximum atomic E-state index is 13.8. The van der Waals surface area contributed by atoms with Crippen molar-refractivity contribution in [2.75, 3.05) is 12.8 Å². The summed E-state index contributed by atoms with van der Waals surface area (Å²) >= 11 is 0. The van der Waals surface area contributed by atoms with Gasteiger partial charge in [0.2, 0.25) is 0 Å². The highest BCUT2D eigenvalue weighted by atomic mass is 32.2. The van der Waals surface area contributed by atoms with Gasteiger partial charge in [0.15, 0.2) is 17.2 Å². The van der Waals surface area contributed by atoms with Gasteiger partial charge >= 0.3 is 16.2 Å². The summed E-state index contributed by atoms with van der Waals surface area (Å²) in [5.41, 5.74) is 0.892. The molecule has 176 valence electrons. The summed E-state index contributed by atoms with van der Waals surface area (Å²) in [6.45, 7) is 5.98. The Kier molecular flexibility index (Phi) is 5.77. The molecular weight excluding hydrogens is 451 g/mol. The van der Waals surface area contributed by atoms with E-state index in [1.54, 1.807) is 27.6 Å². The fourth-order valence-electron chi connectivity index (χ4n) is 3.84. The van der Waals surface area contributed by atoms with Crippen molar-refractivity contribution >= 4 is 21.9 Å². The average Bonchev–Trinajstić information content (AvgIpc) is 3.31. The van der Waals surface area contributed by atoms with Gasteiger partial charge in [-0.3, -0.25) is 9.30 Å². The number of amides is 1. The van der Waals surface area contributed by atoms with Crippen molar-refractivity contribution in [1.82, 2.24) is 19.5 Å². The lowest BCUT2D eigenvalue weighted by Gasteiger charge is -2.27. The number of fused-ring (bicyclic) bond motifs is 1. The predicted octanol–water partition coefficient (Wildman–Crippen LogP) is 3.95. The number of ether oxygens (including phenoxy) is 1. The molecule has 3 aromatic rings. The quantitative estimate of drug-likeness (QED) is 0.525. The van der Waals surface area contributed by atoms with Crippen LogP contribution >= 0.6 is 0 Å². The van der Waals surface area contributed by atoms with E-state index in [1.807, 2.05) is 20.8 Å². The molecule has 1 saturated heterocycles. The second-order valence-electron chi connectivity index (χ2n) is 8.96. The molecule has 1 amide bonds. The molecule has 3 heterocycles. The lowest BCUT2D eigenvalue weighted by atomic mass is 10.1. The fourth-order valence-corrected chi connectivity index (χ4v) is 4.30. The van der Waals surface area contributed by atoms with Crippen molar-refractivity contribution < 1.29 is 26.5 Å². The number of benzene rings is 1. The number of carbonyl (C=O) groups is 1. The summed E-state index contributed by atoms with van der Waals surface area (Å²) in [7, 11) is -3.87. The average molecular weight is 477 g/mol. The largest absolute Gasteiger partial charge is 0.444 e. The Morgan fingerprint density at radius 3 is 2.64 bits per heavy atom. The highest BCUT2D eigenvalue weighted by Gasteiger charge is 2.36. The molecule has 11 heteroatoms. The Balaban J connectivity index is 1.74. The van der Waals surface area contributed by atoms with Crippen LogP contribution in [0.2, 0.25) is 0 Å². The molecule has 1 atom stereocenters. The molecule has 33 heavy (non-hydrogen) atoms. The molecule has 1 aliphatic heterocycles. The normalized spacial score (nSPS) is 16.9. The van der Waals surface area contributed by atoms with Crippen LogP contribution in [-0.4, -0.2) is 52.4 Å². The number of nitrogens with zero attached hydrogens (tertiary/aromatic N) is 4. The number of rotatable bonds is 4. The van der Waals surface area contributed by atoms with E-state index in [0.29, 0.717) is 35.6 Å². The molecule has 2 aromatic heterocycles. The van der Waals surface area contributed by atoms with Gasteiger partial charge in [-0.25, -0.2) is 9.18 Å². The molecule has 1 fully saturated rings. The van der Waals surface area contributed by atoms with Gasteiger partial charge in [0.05, 0.1) is 12.3 Å². The molecule has 9 nitrogen and oxygen atoms in total. The van der Waals surface area contributed by atoms with Crippen LogP contribution in [0.4, 0.5) is 9.18 Å². The van der Waals surface area contributed by atoms with E-state index in [4.69, 9.17) is 8.92 Å². The summed E-state index contributed by atoms with van der Waals surface area (Å²) in [5, 5.41) is 8.52. The zero-order chi connectivity index (χ0) is 24.0. The number of likely N-dealkylation sites (tertiary alicyclic amines) is 1. The van der Waals surface area contributed by atoms with Gasteiger partial charge in [0, 0.05) is 29.9 Å². The summed E-state index contributed by atoms with van der Waals surface area (Å²) in [4.78, 5) is 14.4. The molecule has 1 unspecified atom stereocenters. The molecule has 0 radical (unpaired) electrons. The van der Waals surface area contributed by atoms with Crippen LogP contribution < -0.4 is 4.18 Å². The van der Waals surface area contributed by atoms with E-state index < -0.39 is 27.6 Å². The van der Waals surface area contributed by atoms with Gasteiger partial charge in [-0.1, -0.05) is 0 Å². The van der Waals surface area contributed by atoms with Crippen LogP contribution in [0.15, 0.2) is 36.5 Å². The number of aromatic nitrogens is 3. The van der Waals surface area contributed by atoms with Crippen molar-refractivity contribution in [2.24, 2.45) is 0 Å². The first-order valence-corrected chi connectivity index (χ1v) is 12.3. The molecule has 0 bridgehead atoms. The maximum Gasteiger partial charge on any atom is 0.410 e. The Hall–Kier alpha value is -3.21. The first-order chi connectivity index (χ1) is 15.4. The molecule has 0 aliphatic carbocycles. The molecule has 1 aliphatic rings. The predicted molar refractivity (Wildman–Crippen MR) is 119 cm³/mol. The van der Waals surface area contributed by atoms with Crippen molar-refractivity contribution in [1.29, 1.82) is 0 Å². The smallest absolute Gasteiger partial charge is 0.410 e. The lowest BCUT2D eigenvalue weighted by Crippen LogP contribution is -2.37. The summed E-state index contributed by atoms with van der Waals surface area (Å²) in [5.74, 6) is -0.187. The minimum atomic E-state index is -3.87. The lowest BCUT2D eigenvalue weighted by molar-refractivity contribution is 0.0217. The Bertz CT molecular complexity index is 1320. The molecule has 4 rings (SSSR count). The Morgan fingerprint density at radius 2 is 1.94 bits per heavy atom. The van der Waals surface area contributed by atoms with Crippen molar-refractivity contribution in [2.45, 2.75) is 45.3 Å². The van der Waals surface area contributed by atoms with Crippen LogP contribution in [-0.2, 0) is 14.9 Å². The number of hydrogen-bond donors (Lipinski definition) is 0. The number of carbonyl (C=O) groups excluding carboxylic acids is 1. The third-order valence-corrected chi connectivity index (χ3v) is 5.59. The maximum absolute atomic E-state index is 13.8. The van der Waals surface area contributed by atoms with E-state index in [1.165, 1.54) is 12.1 Å². The van der Waals surface area contributed by atoms with Crippen LogP contribution in [0.25, 0.3) is 16.8 Å². The molecule has 0 spiro atoms. The Labute approximate surface area is 191 Å². The number of pyridine rings is 1. The van der Waals surface area contributed by atoms with Gasteiger partial charge in [-0.15, -0.1) is 10.2 Å². The SMILES string of the molecule is CC(C)(C)OC(=O)N1CCCC1c1nnc2ccc(-c3ccc(F)cc3OS(C)(=O)=O)cn12. The van der Waals surface area contributed by atoms with Crippen molar-refractivity contribution in [3.63, 3.8) is 0 Å². The van der Waals surface area contributed by atoms with Gasteiger partial charge in [0.25, 0.3) is 0 Å². The summed E-state index contributed by atoms with van der Waals surface area (Å²) in [6.07, 6.45) is 3.69. The third kappa shape index (κ3) is 5.08. The van der Waals surface area contributed by atoms with E-state index >= 15 is 0 Å². The zero-order valence-corrected chi connectivity index (χ0v) is 19.6. The first kappa shape index (κ1) is 23.0. The fraction of sp³-hybridized carbons (Fsp3) is 0.409. The minimum Gasteiger partial charge on any atom is -0.444 e. The molecule has 1 aromatic carbocycles. The van der Waals surface area contributed by atoms with E-state index in [9.17, 15) is 17.6 Å².